The number of nitrogens with one attached hydrogen (secondary N) is 1. The number of carbonyl (C=O) groups is 1. The van der Waals surface area contributed by atoms with Gasteiger partial charge in [0.05, 0.1) is 17.5 Å². The minimum atomic E-state index is -0.230. The molecule has 0 aliphatic heterocycles. The second-order valence-corrected chi connectivity index (χ2v) is 3.18. The summed E-state index contributed by atoms with van der Waals surface area (Å²) in [5, 5.41) is 0. The molecule has 0 spiro atoms. The SMILES string of the molecule is CC(=O)NCl.CC(C)(C)OCl. The minimum Gasteiger partial charge on any atom is -0.274 e. The summed E-state index contributed by atoms with van der Waals surface area (Å²) >= 11 is 9.71. The maximum absolute atomic E-state index is 9.57. The van der Waals surface area contributed by atoms with E-state index in [1.54, 1.807) is 0 Å². The summed E-state index contributed by atoms with van der Waals surface area (Å²) in [6.45, 7) is 7.01. The smallest absolute Gasteiger partial charge is 0.231 e. The molecule has 0 atom stereocenters. The summed E-state index contributed by atoms with van der Waals surface area (Å²) in [5.41, 5.74) is -0.193. The van der Waals surface area contributed by atoms with E-state index in [1.165, 1.54) is 6.92 Å². The van der Waals surface area contributed by atoms with Gasteiger partial charge in [0.25, 0.3) is 0 Å². The first-order valence-electron chi connectivity index (χ1n) is 3.00. The zero-order valence-electron chi connectivity index (χ0n) is 7.07. The minimum absolute atomic E-state index is 0.193. The summed E-state index contributed by atoms with van der Waals surface area (Å²) in [6, 6.07) is 0. The van der Waals surface area contributed by atoms with E-state index in [0.717, 1.165) is 0 Å². The molecule has 0 fully saturated rings. The van der Waals surface area contributed by atoms with Crippen LogP contribution in [0.5, 0.6) is 0 Å². The second-order valence-electron chi connectivity index (χ2n) is 2.84. The lowest BCUT2D eigenvalue weighted by molar-refractivity contribution is -0.117. The van der Waals surface area contributed by atoms with Gasteiger partial charge in [-0.25, -0.2) is 0 Å². The molecule has 0 bridgehead atoms. The van der Waals surface area contributed by atoms with Crippen molar-refractivity contribution in [1.29, 1.82) is 0 Å². The molecule has 0 aromatic carbocycles. The molecular weight excluding hydrogens is 189 g/mol. The quantitative estimate of drug-likeness (QED) is 0.611. The fourth-order valence-corrected chi connectivity index (χ4v) is 0. The zero-order chi connectivity index (χ0) is 9.49. The summed E-state index contributed by atoms with van der Waals surface area (Å²) in [5.74, 6) is -0.230. The molecule has 0 rings (SSSR count). The number of carbonyl (C=O) groups excluding carboxylic acids is 1. The molecule has 3 nitrogen and oxygen atoms in total. The molecule has 0 aromatic heterocycles. The van der Waals surface area contributed by atoms with Crippen molar-refractivity contribution in [1.82, 2.24) is 4.84 Å². The van der Waals surface area contributed by atoms with Crippen LogP contribution < -0.4 is 4.84 Å². The fourth-order valence-electron chi connectivity index (χ4n) is 0. The first kappa shape index (κ1) is 13.6. The van der Waals surface area contributed by atoms with Crippen molar-refractivity contribution in [2.45, 2.75) is 33.3 Å². The molecule has 5 heteroatoms. The number of hydrogen-bond acceptors (Lipinski definition) is 2. The van der Waals surface area contributed by atoms with Crippen LogP contribution >= 0.6 is 23.6 Å². The van der Waals surface area contributed by atoms with Crippen LogP contribution in [-0.4, -0.2) is 11.5 Å². The van der Waals surface area contributed by atoms with Crippen molar-refractivity contribution < 1.29 is 9.08 Å². The molecule has 11 heavy (non-hydrogen) atoms. The molecule has 1 amide bonds. The topological polar surface area (TPSA) is 38.3 Å². The van der Waals surface area contributed by atoms with Gasteiger partial charge >= 0.3 is 0 Å². The van der Waals surface area contributed by atoms with Gasteiger partial charge in [-0.1, -0.05) is 0 Å². The molecule has 68 valence electrons. The van der Waals surface area contributed by atoms with E-state index in [0.29, 0.717) is 0 Å². The van der Waals surface area contributed by atoms with Gasteiger partial charge in [0.2, 0.25) is 5.91 Å². The van der Waals surface area contributed by atoms with Crippen LogP contribution in [0.3, 0.4) is 0 Å². The van der Waals surface area contributed by atoms with Crippen molar-refractivity contribution in [2.24, 2.45) is 0 Å². The van der Waals surface area contributed by atoms with Gasteiger partial charge in [-0.3, -0.25) is 13.9 Å². The first-order valence-corrected chi connectivity index (χ1v) is 3.69. The number of amides is 1. The van der Waals surface area contributed by atoms with Crippen LogP contribution in [0, 0.1) is 0 Å². The molecule has 0 aliphatic rings. The van der Waals surface area contributed by atoms with E-state index in [-0.39, 0.29) is 11.5 Å². The van der Waals surface area contributed by atoms with Gasteiger partial charge in [0.1, 0.15) is 0 Å². The normalized spacial score (nSPS) is 9.64. The Labute approximate surface area is 77.3 Å². The third-order valence-corrected chi connectivity index (χ3v) is 1.09. The van der Waals surface area contributed by atoms with E-state index in [4.69, 9.17) is 23.6 Å². The molecule has 1 N–H and O–H groups in total. The highest BCUT2D eigenvalue weighted by Crippen LogP contribution is 2.07. The van der Waals surface area contributed by atoms with E-state index in [2.05, 4.69) is 4.29 Å². The third kappa shape index (κ3) is 25.6. The molecular formula is C6H13Cl2NO2. The molecule has 0 unspecified atom stereocenters. The van der Waals surface area contributed by atoms with Crippen LogP contribution in [0.4, 0.5) is 0 Å². The average Bonchev–Trinajstić information content (AvgIpc) is 1.88. The van der Waals surface area contributed by atoms with Gasteiger partial charge in [-0.15, -0.1) is 0 Å². The lowest BCUT2D eigenvalue weighted by Crippen LogP contribution is -2.12. The maximum Gasteiger partial charge on any atom is 0.231 e. The Hall–Kier alpha value is 0.01000. The standard InChI is InChI=1S/C4H9ClO.C2H4ClNO/c1-4(2,3)6-5;1-2(5)4-3/h1-3H3;1H3,(H,4,5). The predicted octanol–water partition coefficient (Wildman–Crippen LogP) is 2.23. The monoisotopic (exact) mass is 201 g/mol. The Morgan fingerprint density at radius 3 is 1.64 bits per heavy atom. The van der Waals surface area contributed by atoms with Crippen LogP contribution in [0.1, 0.15) is 27.7 Å². The van der Waals surface area contributed by atoms with Crippen molar-refractivity contribution in [3.8, 4) is 0 Å². The van der Waals surface area contributed by atoms with E-state index < -0.39 is 0 Å². The van der Waals surface area contributed by atoms with Gasteiger partial charge in [-0.05, 0) is 20.8 Å². The summed E-state index contributed by atoms with van der Waals surface area (Å²) in [6.07, 6.45) is 0. The number of rotatable bonds is 0. The lowest BCUT2D eigenvalue weighted by atomic mass is 10.2. The van der Waals surface area contributed by atoms with Gasteiger partial charge < -0.3 is 0 Å². The highest BCUT2D eigenvalue weighted by atomic mass is 35.5. The van der Waals surface area contributed by atoms with Crippen LogP contribution in [0.2, 0.25) is 0 Å². The zero-order valence-corrected chi connectivity index (χ0v) is 8.58. The lowest BCUT2D eigenvalue weighted by Gasteiger charge is -2.10. The van der Waals surface area contributed by atoms with Gasteiger partial charge in [0, 0.05) is 18.7 Å². The molecule has 0 aromatic rings. The first-order chi connectivity index (χ1) is 4.83. The predicted molar refractivity (Wildman–Crippen MR) is 46.4 cm³/mol. The highest BCUT2D eigenvalue weighted by Gasteiger charge is 2.06. The van der Waals surface area contributed by atoms with E-state index >= 15 is 0 Å². The van der Waals surface area contributed by atoms with Gasteiger partial charge in [-0.2, -0.15) is 0 Å². The third-order valence-electron chi connectivity index (χ3n) is 0.365. The van der Waals surface area contributed by atoms with E-state index in [1.807, 2.05) is 25.6 Å². The molecule has 0 saturated carbocycles. The van der Waals surface area contributed by atoms with Crippen LogP contribution in [0.15, 0.2) is 0 Å². The van der Waals surface area contributed by atoms with Crippen molar-refractivity contribution in [3.05, 3.63) is 0 Å². The average molecular weight is 202 g/mol. The van der Waals surface area contributed by atoms with Crippen molar-refractivity contribution in [2.75, 3.05) is 0 Å². The van der Waals surface area contributed by atoms with Crippen molar-refractivity contribution in [3.63, 3.8) is 0 Å². The Morgan fingerprint density at radius 1 is 1.45 bits per heavy atom. The highest BCUT2D eigenvalue weighted by molar-refractivity contribution is 6.20. The summed E-state index contributed by atoms with van der Waals surface area (Å²) < 4.78 is 4.41. The Balaban J connectivity index is 0. The van der Waals surface area contributed by atoms with Gasteiger partial charge in [0.15, 0.2) is 0 Å². The second kappa shape index (κ2) is 6.70. The summed E-state index contributed by atoms with van der Waals surface area (Å²) in [7, 11) is 0. The number of halogens is 2. The van der Waals surface area contributed by atoms with E-state index in [9.17, 15) is 4.79 Å². The molecule has 0 heterocycles. The number of hydrogen-bond donors (Lipinski definition) is 1. The Kier molecular flexibility index (Phi) is 8.28. The molecule has 0 radical (unpaired) electrons. The van der Waals surface area contributed by atoms with Crippen LogP contribution in [0.25, 0.3) is 0 Å². The summed E-state index contributed by atoms with van der Waals surface area (Å²) in [4.78, 5) is 11.4. The molecule has 0 aliphatic carbocycles. The Bertz CT molecular complexity index is 112. The molecule has 0 saturated heterocycles. The van der Waals surface area contributed by atoms with Crippen molar-refractivity contribution >= 4 is 29.5 Å². The maximum atomic E-state index is 9.57. The Morgan fingerprint density at radius 2 is 1.64 bits per heavy atom. The fraction of sp³-hybridized carbons (Fsp3) is 0.833. The van der Waals surface area contributed by atoms with Crippen LogP contribution in [-0.2, 0) is 9.08 Å². The largest absolute Gasteiger partial charge is 0.274 e.